The number of rotatable bonds is 5. The zero-order valence-corrected chi connectivity index (χ0v) is 12.8. The van der Waals surface area contributed by atoms with Gasteiger partial charge in [0.15, 0.2) is 11.5 Å². The van der Waals surface area contributed by atoms with Gasteiger partial charge in [0, 0.05) is 18.6 Å². The average molecular weight is 278 g/mol. The molecule has 1 saturated carbocycles. The standard InChI is InChI=1S/C16H26N2O2/c1-18(14-7-5-4-6-13(14)17)11-12-8-9-15(19-2)16(10-12)20-3/h8-10,13-14H,4-7,11,17H2,1-3H3. The van der Waals surface area contributed by atoms with Gasteiger partial charge in [-0.15, -0.1) is 0 Å². The van der Waals surface area contributed by atoms with E-state index in [0.717, 1.165) is 24.5 Å². The Morgan fingerprint density at radius 1 is 1.15 bits per heavy atom. The van der Waals surface area contributed by atoms with Crippen LogP contribution in [0.3, 0.4) is 0 Å². The molecular weight excluding hydrogens is 252 g/mol. The number of likely N-dealkylation sites (N-methyl/N-ethyl adjacent to an activating group) is 1. The zero-order valence-electron chi connectivity index (χ0n) is 12.8. The molecular formula is C16H26N2O2. The van der Waals surface area contributed by atoms with Crippen molar-refractivity contribution in [1.82, 2.24) is 4.90 Å². The molecule has 0 saturated heterocycles. The third kappa shape index (κ3) is 3.44. The second-order valence-electron chi connectivity index (χ2n) is 5.62. The molecule has 0 aliphatic heterocycles. The first kappa shape index (κ1) is 15.1. The second-order valence-corrected chi connectivity index (χ2v) is 5.62. The molecule has 0 aromatic heterocycles. The molecule has 1 aliphatic rings. The fraction of sp³-hybridized carbons (Fsp3) is 0.625. The van der Waals surface area contributed by atoms with Gasteiger partial charge in [-0.3, -0.25) is 4.90 Å². The van der Waals surface area contributed by atoms with Crippen molar-refractivity contribution in [3.63, 3.8) is 0 Å². The van der Waals surface area contributed by atoms with Gasteiger partial charge in [0.25, 0.3) is 0 Å². The monoisotopic (exact) mass is 278 g/mol. The van der Waals surface area contributed by atoms with Crippen molar-refractivity contribution in [2.45, 2.75) is 44.3 Å². The van der Waals surface area contributed by atoms with Gasteiger partial charge in [-0.05, 0) is 37.6 Å². The van der Waals surface area contributed by atoms with Crippen LogP contribution in [-0.2, 0) is 6.54 Å². The Kier molecular flexibility index (Phi) is 5.26. The zero-order chi connectivity index (χ0) is 14.5. The van der Waals surface area contributed by atoms with E-state index < -0.39 is 0 Å². The topological polar surface area (TPSA) is 47.7 Å². The van der Waals surface area contributed by atoms with E-state index in [4.69, 9.17) is 15.2 Å². The maximum Gasteiger partial charge on any atom is 0.161 e. The normalized spacial score (nSPS) is 22.9. The van der Waals surface area contributed by atoms with Crippen molar-refractivity contribution in [1.29, 1.82) is 0 Å². The number of ether oxygens (including phenoxy) is 2. The van der Waals surface area contributed by atoms with E-state index in [1.165, 1.54) is 24.8 Å². The summed E-state index contributed by atoms with van der Waals surface area (Å²) in [5.41, 5.74) is 7.47. The van der Waals surface area contributed by atoms with E-state index in [1.807, 2.05) is 12.1 Å². The van der Waals surface area contributed by atoms with Crippen molar-refractivity contribution < 1.29 is 9.47 Å². The number of hydrogen-bond donors (Lipinski definition) is 1. The van der Waals surface area contributed by atoms with Crippen molar-refractivity contribution in [2.24, 2.45) is 5.73 Å². The quantitative estimate of drug-likeness (QED) is 0.898. The van der Waals surface area contributed by atoms with Crippen LogP contribution in [0.5, 0.6) is 11.5 Å². The highest BCUT2D eigenvalue weighted by molar-refractivity contribution is 5.42. The van der Waals surface area contributed by atoms with Gasteiger partial charge in [-0.2, -0.15) is 0 Å². The lowest BCUT2D eigenvalue weighted by Crippen LogP contribution is -2.47. The van der Waals surface area contributed by atoms with E-state index >= 15 is 0 Å². The summed E-state index contributed by atoms with van der Waals surface area (Å²) < 4.78 is 10.6. The highest BCUT2D eigenvalue weighted by Crippen LogP contribution is 2.29. The van der Waals surface area contributed by atoms with Gasteiger partial charge >= 0.3 is 0 Å². The average Bonchev–Trinajstić information content (AvgIpc) is 2.47. The maximum absolute atomic E-state index is 6.25. The fourth-order valence-corrected chi connectivity index (χ4v) is 3.07. The van der Waals surface area contributed by atoms with Crippen molar-refractivity contribution in [3.05, 3.63) is 23.8 Å². The summed E-state index contributed by atoms with van der Waals surface area (Å²) >= 11 is 0. The predicted molar refractivity (Wildman–Crippen MR) is 81.2 cm³/mol. The van der Waals surface area contributed by atoms with Crippen LogP contribution in [-0.4, -0.2) is 38.3 Å². The summed E-state index contributed by atoms with van der Waals surface area (Å²) in [4.78, 5) is 2.37. The Hall–Kier alpha value is -1.26. The van der Waals surface area contributed by atoms with Crippen LogP contribution in [0, 0.1) is 0 Å². The summed E-state index contributed by atoms with van der Waals surface area (Å²) in [7, 11) is 5.49. The molecule has 2 N–H and O–H groups in total. The van der Waals surface area contributed by atoms with Crippen LogP contribution in [0.4, 0.5) is 0 Å². The summed E-state index contributed by atoms with van der Waals surface area (Å²) in [6.45, 7) is 0.888. The van der Waals surface area contributed by atoms with Gasteiger partial charge in [0.1, 0.15) is 0 Å². The molecule has 2 rings (SSSR count). The van der Waals surface area contributed by atoms with Gasteiger partial charge < -0.3 is 15.2 Å². The molecule has 4 nitrogen and oxygen atoms in total. The molecule has 4 heteroatoms. The van der Waals surface area contributed by atoms with E-state index in [2.05, 4.69) is 18.0 Å². The molecule has 112 valence electrons. The SMILES string of the molecule is COc1ccc(CN(C)C2CCCCC2N)cc1OC. The third-order valence-electron chi connectivity index (χ3n) is 4.23. The van der Waals surface area contributed by atoms with Crippen molar-refractivity contribution in [2.75, 3.05) is 21.3 Å². The first-order chi connectivity index (χ1) is 9.65. The maximum atomic E-state index is 6.25. The molecule has 0 radical (unpaired) electrons. The largest absolute Gasteiger partial charge is 0.493 e. The van der Waals surface area contributed by atoms with Gasteiger partial charge in [-0.1, -0.05) is 18.9 Å². The van der Waals surface area contributed by atoms with Gasteiger partial charge in [0.2, 0.25) is 0 Å². The fourth-order valence-electron chi connectivity index (χ4n) is 3.07. The molecule has 2 unspecified atom stereocenters. The van der Waals surface area contributed by atoms with Crippen molar-refractivity contribution >= 4 is 0 Å². The lowest BCUT2D eigenvalue weighted by molar-refractivity contribution is 0.162. The molecule has 0 amide bonds. The molecule has 1 fully saturated rings. The van der Waals surface area contributed by atoms with Crippen LogP contribution < -0.4 is 15.2 Å². The van der Waals surface area contributed by atoms with Gasteiger partial charge in [-0.25, -0.2) is 0 Å². The summed E-state index contributed by atoms with van der Waals surface area (Å²) in [6, 6.07) is 6.88. The third-order valence-corrected chi connectivity index (χ3v) is 4.23. The van der Waals surface area contributed by atoms with Crippen LogP contribution in [0.2, 0.25) is 0 Å². The smallest absolute Gasteiger partial charge is 0.161 e. The molecule has 1 aromatic rings. The number of hydrogen-bond acceptors (Lipinski definition) is 4. The summed E-state index contributed by atoms with van der Waals surface area (Å²) in [5, 5.41) is 0. The Labute approximate surface area is 121 Å². The Morgan fingerprint density at radius 2 is 1.85 bits per heavy atom. The Morgan fingerprint density at radius 3 is 2.50 bits per heavy atom. The molecule has 0 heterocycles. The lowest BCUT2D eigenvalue weighted by Gasteiger charge is -2.36. The lowest BCUT2D eigenvalue weighted by atomic mass is 9.90. The van der Waals surface area contributed by atoms with E-state index in [-0.39, 0.29) is 0 Å². The van der Waals surface area contributed by atoms with Crippen molar-refractivity contribution in [3.8, 4) is 11.5 Å². The molecule has 2 atom stereocenters. The minimum Gasteiger partial charge on any atom is -0.493 e. The van der Waals surface area contributed by atoms with Crippen LogP contribution in [0.15, 0.2) is 18.2 Å². The van der Waals surface area contributed by atoms with Crippen LogP contribution in [0.1, 0.15) is 31.2 Å². The molecule has 0 spiro atoms. The number of nitrogens with zero attached hydrogens (tertiary/aromatic N) is 1. The number of benzene rings is 1. The highest BCUT2D eigenvalue weighted by Gasteiger charge is 2.25. The molecule has 1 aromatic carbocycles. The number of methoxy groups -OCH3 is 2. The second kappa shape index (κ2) is 6.95. The highest BCUT2D eigenvalue weighted by atomic mass is 16.5. The van der Waals surface area contributed by atoms with Gasteiger partial charge in [0.05, 0.1) is 14.2 Å². The Bertz CT molecular complexity index is 436. The minimum atomic E-state index is 0.300. The first-order valence-corrected chi connectivity index (χ1v) is 7.32. The molecule has 1 aliphatic carbocycles. The van der Waals surface area contributed by atoms with Crippen LogP contribution >= 0.6 is 0 Å². The minimum absolute atomic E-state index is 0.300. The first-order valence-electron chi connectivity index (χ1n) is 7.32. The Balaban J connectivity index is 2.05. The predicted octanol–water partition coefficient (Wildman–Crippen LogP) is 2.41. The summed E-state index contributed by atoms with van der Waals surface area (Å²) in [6.07, 6.45) is 4.89. The van der Waals surface area contributed by atoms with Crippen LogP contribution in [0.25, 0.3) is 0 Å². The van der Waals surface area contributed by atoms with E-state index in [9.17, 15) is 0 Å². The van der Waals surface area contributed by atoms with E-state index in [1.54, 1.807) is 14.2 Å². The summed E-state index contributed by atoms with van der Waals surface area (Å²) in [5.74, 6) is 1.56. The molecule has 20 heavy (non-hydrogen) atoms. The number of nitrogens with two attached hydrogens (primary N) is 1. The van der Waals surface area contributed by atoms with E-state index in [0.29, 0.717) is 12.1 Å². The molecule has 0 bridgehead atoms.